The van der Waals surface area contributed by atoms with Gasteiger partial charge < -0.3 is 24.8 Å². The van der Waals surface area contributed by atoms with Gasteiger partial charge in [0.15, 0.2) is 0 Å². The highest BCUT2D eigenvalue weighted by Crippen LogP contribution is 2.64. The molecule has 0 aromatic rings. The molecule has 0 aromatic carbocycles. The van der Waals surface area contributed by atoms with Gasteiger partial charge in [0.25, 0.3) is 0 Å². The largest absolute Gasteiger partial charge is 0.425 e. The van der Waals surface area contributed by atoms with Gasteiger partial charge in [0.1, 0.15) is 0 Å². The summed E-state index contributed by atoms with van der Waals surface area (Å²) in [5, 5.41) is 31.9. The molecule has 0 amide bonds. The molecule has 0 spiro atoms. The molecular weight excluding hydrogens is 304 g/mol. The smallest absolute Gasteiger partial charge is 0.333 e. The summed E-state index contributed by atoms with van der Waals surface area (Å²) in [7, 11) is 0. The van der Waals surface area contributed by atoms with Gasteiger partial charge in [0, 0.05) is 32.3 Å². The topological polar surface area (TPSA) is 113 Å². The molecule has 4 bridgehead atoms. The Morgan fingerprint density at radius 1 is 0.957 bits per heavy atom. The number of carbonyl (C=O) groups is 2. The van der Waals surface area contributed by atoms with E-state index >= 15 is 0 Å². The fraction of sp³-hybridized carbons (Fsp3) is 0.750. The molecule has 0 aromatic heterocycles. The summed E-state index contributed by atoms with van der Waals surface area (Å²) in [6.45, 7) is 4.66. The number of carbonyl (C=O) groups excluding carboxylic acids is 2. The van der Waals surface area contributed by atoms with Gasteiger partial charge in [0.05, 0.1) is 22.2 Å². The van der Waals surface area contributed by atoms with E-state index in [1.807, 2.05) is 0 Å². The molecule has 0 heterocycles. The van der Waals surface area contributed by atoms with Crippen molar-refractivity contribution in [2.24, 2.45) is 5.41 Å². The Morgan fingerprint density at radius 3 is 1.78 bits per heavy atom. The van der Waals surface area contributed by atoms with E-state index in [1.54, 1.807) is 0 Å². The molecule has 4 aliphatic carbocycles. The van der Waals surface area contributed by atoms with Crippen molar-refractivity contribution in [1.82, 2.24) is 0 Å². The van der Waals surface area contributed by atoms with E-state index in [4.69, 9.17) is 9.47 Å². The Bertz CT molecular complexity index is 515. The molecule has 3 N–H and O–H groups in total. The van der Waals surface area contributed by atoms with Gasteiger partial charge in [-0.25, -0.2) is 4.79 Å². The first-order valence-electron chi connectivity index (χ1n) is 7.73. The fourth-order valence-electron chi connectivity index (χ4n) is 5.21. The van der Waals surface area contributed by atoms with Crippen LogP contribution in [0.3, 0.4) is 0 Å². The van der Waals surface area contributed by atoms with Crippen LogP contribution in [0.4, 0.5) is 0 Å². The first-order chi connectivity index (χ1) is 10.5. The van der Waals surface area contributed by atoms with E-state index in [1.165, 1.54) is 6.92 Å². The highest BCUT2D eigenvalue weighted by atomic mass is 16.7. The Hall–Kier alpha value is -1.44. The van der Waals surface area contributed by atoms with E-state index in [2.05, 4.69) is 6.58 Å². The third-order valence-electron chi connectivity index (χ3n) is 5.13. The second-order valence-electron chi connectivity index (χ2n) is 7.63. The molecule has 4 fully saturated rings. The third-order valence-corrected chi connectivity index (χ3v) is 5.13. The molecule has 7 heteroatoms. The number of rotatable bonds is 4. The van der Waals surface area contributed by atoms with Crippen molar-refractivity contribution in [3.8, 4) is 0 Å². The van der Waals surface area contributed by atoms with Crippen LogP contribution in [0.25, 0.3) is 0 Å². The first kappa shape index (κ1) is 16.4. The lowest BCUT2D eigenvalue weighted by molar-refractivity contribution is -0.284. The van der Waals surface area contributed by atoms with E-state index in [9.17, 15) is 24.9 Å². The molecule has 0 radical (unpaired) electrons. The molecule has 0 aliphatic heterocycles. The summed E-state index contributed by atoms with van der Waals surface area (Å²) in [5.41, 5.74) is -5.00. The van der Waals surface area contributed by atoms with Gasteiger partial charge >= 0.3 is 11.9 Å². The van der Waals surface area contributed by atoms with Crippen molar-refractivity contribution in [3.05, 3.63) is 12.7 Å². The van der Waals surface area contributed by atoms with E-state index < -0.39 is 40.4 Å². The van der Waals surface area contributed by atoms with Gasteiger partial charge in [-0.05, 0) is 19.3 Å². The van der Waals surface area contributed by atoms with Crippen LogP contribution in [0.5, 0.6) is 0 Å². The number of hydrogen-bond acceptors (Lipinski definition) is 7. The van der Waals surface area contributed by atoms with Crippen LogP contribution in [-0.2, 0) is 19.1 Å². The lowest BCUT2D eigenvalue weighted by atomic mass is 9.44. The molecule has 7 nitrogen and oxygen atoms in total. The van der Waals surface area contributed by atoms with Crippen molar-refractivity contribution in [3.63, 3.8) is 0 Å². The number of aliphatic hydroxyl groups is 3. The van der Waals surface area contributed by atoms with Crippen molar-refractivity contribution in [1.29, 1.82) is 0 Å². The minimum Gasteiger partial charge on any atom is -0.425 e. The zero-order valence-electron chi connectivity index (χ0n) is 13.1. The van der Waals surface area contributed by atoms with Gasteiger partial charge in [-0.2, -0.15) is 0 Å². The lowest BCUT2D eigenvalue weighted by Gasteiger charge is -2.64. The Balaban J connectivity index is 1.80. The van der Waals surface area contributed by atoms with Crippen LogP contribution >= 0.6 is 0 Å². The summed E-state index contributed by atoms with van der Waals surface area (Å²) < 4.78 is 10.0. The van der Waals surface area contributed by atoms with Crippen LogP contribution < -0.4 is 0 Å². The Morgan fingerprint density at radius 2 is 1.39 bits per heavy atom. The van der Waals surface area contributed by atoms with E-state index in [0.717, 1.165) is 6.08 Å². The van der Waals surface area contributed by atoms with Crippen LogP contribution in [0.1, 0.15) is 45.4 Å². The van der Waals surface area contributed by atoms with E-state index in [0.29, 0.717) is 0 Å². The van der Waals surface area contributed by atoms with Crippen LogP contribution in [0.2, 0.25) is 0 Å². The Kier molecular flexibility index (Phi) is 3.41. The summed E-state index contributed by atoms with van der Waals surface area (Å²) in [6.07, 6.45) is 0.695. The van der Waals surface area contributed by atoms with Crippen molar-refractivity contribution >= 4 is 11.9 Å². The van der Waals surface area contributed by atoms with Crippen molar-refractivity contribution in [2.75, 3.05) is 0 Å². The number of ether oxygens (including phenoxy) is 2. The molecule has 4 saturated carbocycles. The zero-order chi connectivity index (χ0) is 17.1. The normalized spacial score (nSPS) is 45.4. The second kappa shape index (κ2) is 4.78. The van der Waals surface area contributed by atoms with Crippen molar-refractivity contribution in [2.45, 2.75) is 68.5 Å². The highest BCUT2D eigenvalue weighted by molar-refractivity contribution is 5.82. The SMILES string of the molecule is C=CC(=O)OC(C)OC(=O)C12CC3(O)CC(O)(CC(O)(C3)C1)C2. The van der Waals surface area contributed by atoms with Crippen LogP contribution in [0, 0.1) is 5.41 Å². The standard InChI is InChI=1S/C16H22O7/c1-3-11(17)22-10(2)23-12(18)13-4-14(19)7-15(20,5-13)9-16(21,6-13)8-14/h3,10,19-21H,1,4-9H2,2H3. The molecule has 1 unspecified atom stereocenters. The molecule has 1 atom stereocenters. The fourth-order valence-corrected chi connectivity index (χ4v) is 5.21. The van der Waals surface area contributed by atoms with Crippen molar-refractivity contribution < 1.29 is 34.4 Å². The number of esters is 2. The molecule has 23 heavy (non-hydrogen) atoms. The molecular formula is C16H22O7. The summed E-state index contributed by atoms with van der Waals surface area (Å²) in [5.74, 6) is -1.39. The van der Waals surface area contributed by atoms with Crippen LogP contribution in [-0.4, -0.2) is 50.4 Å². The Labute approximate surface area is 133 Å². The molecule has 128 valence electrons. The lowest BCUT2D eigenvalue weighted by Crippen LogP contribution is -2.71. The monoisotopic (exact) mass is 326 g/mol. The highest BCUT2D eigenvalue weighted by Gasteiger charge is 2.70. The first-order valence-corrected chi connectivity index (χ1v) is 7.73. The molecule has 0 saturated heterocycles. The predicted octanol–water partition coefficient (Wildman–Crippen LogP) is 0.166. The summed E-state index contributed by atoms with van der Waals surface area (Å²) in [6, 6.07) is 0. The second-order valence-corrected chi connectivity index (χ2v) is 7.63. The third kappa shape index (κ3) is 2.77. The maximum atomic E-state index is 12.6. The van der Waals surface area contributed by atoms with E-state index in [-0.39, 0.29) is 38.5 Å². The average Bonchev–Trinajstić information content (AvgIpc) is 2.32. The zero-order valence-corrected chi connectivity index (χ0v) is 13.1. The quantitative estimate of drug-likeness (QED) is 0.383. The number of hydrogen-bond donors (Lipinski definition) is 3. The summed E-state index contributed by atoms with van der Waals surface area (Å²) in [4.78, 5) is 23.8. The van der Waals surface area contributed by atoms with Gasteiger partial charge in [0.2, 0.25) is 6.29 Å². The van der Waals surface area contributed by atoms with Gasteiger partial charge in [-0.1, -0.05) is 6.58 Å². The molecule has 4 aliphatic rings. The van der Waals surface area contributed by atoms with Crippen LogP contribution in [0.15, 0.2) is 12.7 Å². The maximum Gasteiger partial charge on any atom is 0.333 e. The predicted molar refractivity (Wildman–Crippen MR) is 76.8 cm³/mol. The minimum absolute atomic E-state index is 0.131. The maximum absolute atomic E-state index is 12.6. The molecule has 4 rings (SSSR count). The van der Waals surface area contributed by atoms with Gasteiger partial charge in [-0.15, -0.1) is 0 Å². The minimum atomic E-state index is -1.28. The van der Waals surface area contributed by atoms with Gasteiger partial charge in [-0.3, -0.25) is 4.79 Å². The average molecular weight is 326 g/mol. The summed E-state index contributed by atoms with van der Waals surface area (Å²) >= 11 is 0.